The van der Waals surface area contributed by atoms with E-state index in [9.17, 15) is 4.79 Å². The molecule has 0 aliphatic heterocycles. The highest BCUT2D eigenvalue weighted by atomic mass is 28.4. The van der Waals surface area contributed by atoms with Crippen LogP contribution in [0.3, 0.4) is 0 Å². The third-order valence-electron chi connectivity index (χ3n) is 5.61. The first-order chi connectivity index (χ1) is 8.93. The predicted molar refractivity (Wildman–Crippen MR) is 88.4 cm³/mol. The fourth-order valence-electron chi connectivity index (χ4n) is 2.73. The standard InChI is InChI=1S/C17H32O2Si/c1-13-9-10-14(17(5,6)15(13)11-18)12-19-20(7,8)16(2,3)4/h11,14H,9-10,12H2,1-8H3. The van der Waals surface area contributed by atoms with Gasteiger partial charge in [-0.3, -0.25) is 4.79 Å². The summed E-state index contributed by atoms with van der Waals surface area (Å²) in [6.07, 6.45) is 3.22. The van der Waals surface area contributed by atoms with Gasteiger partial charge in [-0.2, -0.15) is 0 Å². The molecule has 0 N–H and O–H groups in total. The van der Waals surface area contributed by atoms with E-state index >= 15 is 0 Å². The molecule has 0 aromatic carbocycles. The van der Waals surface area contributed by atoms with E-state index in [1.54, 1.807) is 0 Å². The Hall–Kier alpha value is -0.413. The second-order valence-corrected chi connectivity index (χ2v) is 13.1. The predicted octanol–water partition coefficient (Wildman–Crippen LogP) is 4.96. The van der Waals surface area contributed by atoms with Gasteiger partial charge in [0.05, 0.1) is 0 Å². The summed E-state index contributed by atoms with van der Waals surface area (Å²) in [5.74, 6) is 0.445. The van der Waals surface area contributed by atoms with Gasteiger partial charge in [0, 0.05) is 6.61 Å². The summed E-state index contributed by atoms with van der Waals surface area (Å²) in [5, 5.41) is 0.241. The zero-order chi connectivity index (χ0) is 15.8. The van der Waals surface area contributed by atoms with E-state index in [1.807, 2.05) is 0 Å². The monoisotopic (exact) mass is 296 g/mol. The minimum absolute atomic E-state index is 0.0630. The maximum absolute atomic E-state index is 11.4. The van der Waals surface area contributed by atoms with E-state index in [0.29, 0.717) is 5.92 Å². The van der Waals surface area contributed by atoms with E-state index in [2.05, 4.69) is 54.6 Å². The highest BCUT2D eigenvalue weighted by Crippen LogP contribution is 2.45. The minimum Gasteiger partial charge on any atom is -0.417 e. The molecule has 1 rings (SSSR count). The lowest BCUT2D eigenvalue weighted by atomic mass is 9.66. The Morgan fingerprint density at radius 3 is 2.35 bits per heavy atom. The second kappa shape index (κ2) is 5.76. The van der Waals surface area contributed by atoms with Crippen LogP contribution in [0.1, 0.15) is 54.4 Å². The number of allylic oxidation sites excluding steroid dienone is 2. The van der Waals surface area contributed by atoms with Gasteiger partial charge >= 0.3 is 0 Å². The van der Waals surface area contributed by atoms with Gasteiger partial charge in [-0.25, -0.2) is 0 Å². The molecule has 1 atom stereocenters. The van der Waals surface area contributed by atoms with Crippen LogP contribution in [0.15, 0.2) is 11.1 Å². The minimum atomic E-state index is -1.70. The first kappa shape index (κ1) is 17.6. The summed E-state index contributed by atoms with van der Waals surface area (Å²) in [5.41, 5.74) is 2.19. The number of carbonyl (C=O) groups is 1. The number of rotatable bonds is 4. The molecule has 1 aliphatic rings. The molecule has 20 heavy (non-hydrogen) atoms. The largest absolute Gasteiger partial charge is 0.417 e. The van der Waals surface area contributed by atoms with Gasteiger partial charge in [-0.15, -0.1) is 0 Å². The molecular formula is C17H32O2Si. The number of aldehydes is 1. The van der Waals surface area contributed by atoms with Crippen LogP contribution in [0.2, 0.25) is 18.1 Å². The van der Waals surface area contributed by atoms with Crippen LogP contribution in [0, 0.1) is 11.3 Å². The number of hydrogen-bond donors (Lipinski definition) is 0. The highest BCUT2D eigenvalue weighted by Gasteiger charge is 2.41. The maximum atomic E-state index is 11.4. The topological polar surface area (TPSA) is 26.3 Å². The summed E-state index contributed by atoms with van der Waals surface area (Å²) in [6.45, 7) is 18.7. The van der Waals surface area contributed by atoms with Gasteiger partial charge in [-0.1, -0.05) is 40.2 Å². The van der Waals surface area contributed by atoms with Crippen molar-refractivity contribution in [3.8, 4) is 0 Å². The van der Waals surface area contributed by atoms with Gasteiger partial charge in [0.25, 0.3) is 0 Å². The van der Waals surface area contributed by atoms with Crippen molar-refractivity contribution in [3.63, 3.8) is 0 Å². The van der Waals surface area contributed by atoms with Crippen molar-refractivity contribution in [1.29, 1.82) is 0 Å². The lowest BCUT2D eigenvalue weighted by Crippen LogP contribution is -2.44. The zero-order valence-electron chi connectivity index (χ0n) is 14.6. The van der Waals surface area contributed by atoms with Crippen LogP contribution < -0.4 is 0 Å². The molecule has 0 heterocycles. The molecule has 1 aliphatic carbocycles. The molecule has 1 unspecified atom stereocenters. The van der Waals surface area contributed by atoms with Crippen molar-refractivity contribution in [2.75, 3.05) is 6.61 Å². The third-order valence-corrected chi connectivity index (χ3v) is 10.1. The first-order valence-corrected chi connectivity index (χ1v) is 10.6. The Bertz CT molecular complexity index is 400. The lowest BCUT2D eigenvalue weighted by Gasteiger charge is -2.43. The molecule has 0 spiro atoms. The Kier molecular flexibility index (Phi) is 5.08. The molecule has 2 nitrogen and oxygen atoms in total. The van der Waals surface area contributed by atoms with Crippen molar-refractivity contribution in [3.05, 3.63) is 11.1 Å². The van der Waals surface area contributed by atoms with Gasteiger partial charge < -0.3 is 4.43 Å². The van der Waals surface area contributed by atoms with Crippen LogP contribution in [0.4, 0.5) is 0 Å². The van der Waals surface area contributed by atoms with Crippen molar-refractivity contribution in [2.24, 2.45) is 11.3 Å². The van der Waals surface area contributed by atoms with E-state index in [1.165, 1.54) is 5.57 Å². The summed E-state index contributed by atoms with van der Waals surface area (Å²) >= 11 is 0. The Balaban J connectivity index is 2.83. The average molecular weight is 297 g/mol. The van der Waals surface area contributed by atoms with E-state index in [0.717, 1.165) is 31.3 Å². The van der Waals surface area contributed by atoms with Crippen molar-refractivity contribution in [2.45, 2.75) is 72.5 Å². The first-order valence-electron chi connectivity index (χ1n) is 7.73. The third kappa shape index (κ3) is 3.42. The SMILES string of the molecule is CC1=C(C=O)C(C)(C)C(CO[Si](C)(C)C(C)(C)C)CC1. The quantitative estimate of drug-likeness (QED) is 0.541. The molecule has 3 heteroatoms. The number of carbonyl (C=O) groups excluding carboxylic acids is 1. The van der Waals surface area contributed by atoms with Gasteiger partial charge in [-0.05, 0) is 54.8 Å². The van der Waals surface area contributed by atoms with Gasteiger partial charge in [0.2, 0.25) is 0 Å². The van der Waals surface area contributed by atoms with Crippen LogP contribution in [0.25, 0.3) is 0 Å². The molecule has 0 aromatic rings. The Morgan fingerprint density at radius 2 is 1.90 bits per heavy atom. The smallest absolute Gasteiger partial charge is 0.191 e. The van der Waals surface area contributed by atoms with Crippen LogP contribution >= 0.6 is 0 Å². The van der Waals surface area contributed by atoms with Crippen molar-refractivity contribution in [1.82, 2.24) is 0 Å². The molecular weight excluding hydrogens is 264 g/mol. The zero-order valence-corrected chi connectivity index (χ0v) is 15.6. The summed E-state index contributed by atoms with van der Waals surface area (Å²) in [6, 6.07) is 0. The fourth-order valence-corrected chi connectivity index (χ4v) is 3.78. The van der Waals surface area contributed by atoms with Crippen molar-refractivity contribution >= 4 is 14.6 Å². The average Bonchev–Trinajstić information content (AvgIpc) is 2.26. The Labute approximate surface area is 126 Å². The molecule has 0 saturated heterocycles. The van der Waals surface area contributed by atoms with Crippen LogP contribution in [-0.4, -0.2) is 21.2 Å². The van der Waals surface area contributed by atoms with E-state index in [4.69, 9.17) is 4.43 Å². The van der Waals surface area contributed by atoms with Crippen molar-refractivity contribution < 1.29 is 9.22 Å². The summed E-state index contributed by atoms with van der Waals surface area (Å²) in [7, 11) is -1.70. The normalized spacial score (nSPS) is 23.9. The molecule has 0 saturated carbocycles. The molecule has 0 amide bonds. The fraction of sp³-hybridized carbons (Fsp3) is 0.824. The molecule has 0 radical (unpaired) electrons. The molecule has 0 aromatic heterocycles. The molecule has 0 bridgehead atoms. The number of hydrogen-bond acceptors (Lipinski definition) is 2. The van der Waals surface area contributed by atoms with Crippen LogP contribution in [-0.2, 0) is 9.22 Å². The maximum Gasteiger partial charge on any atom is 0.191 e. The molecule has 116 valence electrons. The second-order valence-electron chi connectivity index (χ2n) is 8.34. The highest BCUT2D eigenvalue weighted by molar-refractivity contribution is 6.74. The summed E-state index contributed by atoms with van der Waals surface area (Å²) in [4.78, 5) is 11.4. The Morgan fingerprint density at radius 1 is 1.35 bits per heavy atom. The van der Waals surface area contributed by atoms with Gasteiger partial charge in [0.1, 0.15) is 6.29 Å². The van der Waals surface area contributed by atoms with Gasteiger partial charge in [0.15, 0.2) is 8.32 Å². The summed E-state index contributed by atoms with van der Waals surface area (Å²) < 4.78 is 6.40. The lowest BCUT2D eigenvalue weighted by molar-refractivity contribution is -0.106. The van der Waals surface area contributed by atoms with E-state index in [-0.39, 0.29) is 10.5 Å². The van der Waals surface area contributed by atoms with Crippen LogP contribution in [0.5, 0.6) is 0 Å². The van der Waals surface area contributed by atoms with E-state index < -0.39 is 8.32 Å². The molecule has 0 fully saturated rings.